The van der Waals surface area contributed by atoms with Crippen LogP contribution in [-0.4, -0.2) is 33.8 Å². The number of hydrogen-bond donors (Lipinski definition) is 3. The van der Waals surface area contributed by atoms with E-state index in [1.54, 1.807) is 16.7 Å². The predicted octanol–water partition coefficient (Wildman–Crippen LogP) is 3.50. The summed E-state index contributed by atoms with van der Waals surface area (Å²) in [6.45, 7) is 0. The Balaban J connectivity index is 1.94. The van der Waals surface area contributed by atoms with Gasteiger partial charge in [-0.15, -0.1) is 0 Å². The van der Waals surface area contributed by atoms with E-state index < -0.39 is 17.7 Å². The van der Waals surface area contributed by atoms with Gasteiger partial charge in [-0.25, -0.2) is 9.18 Å². The number of halogens is 1. The van der Waals surface area contributed by atoms with Crippen molar-refractivity contribution in [1.29, 1.82) is 0 Å². The Morgan fingerprint density at radius 1 is 1.24 bits per heavy atom. The van der Waals surface area contributed by atoms with Gasteiger partial charge in [0.15, 0.2) is 11.5 Å². The molecule has 0 bridgehead atoms. The van der Waals surface area contributed by atoms with E-state index >= 15 is 0 Å². The number of phenolic OH excluding ortho intramolecular Hbond substituents is 1. The molecule has 3 N–H and O–H groups in total. The number of hydrogen-bond acceptors (Lipinski definition) is 4. The number of carbonyl (C=O) groups excluding carboxylic acids is 1. The maximum Gasteiger partial charge on any atom is 0.339 e. The highest BCUT2D eigenvalue weighted by atomic mass is 19.1. The maximum absolute atomic E-state index is 13.4. The molecule has 3 aromatic rings. The van der Waals surface area contributed by atoms with E-state index in [-0.39, 0.29) is 35.1 Å². The summed E-state index contributed by atoms with van der Waals surface area (Å²) in [5.41, 5.74) is 1.84. The average Bonchev–Trinajstić information content (AvgIpc) is 3.07. The van der Waals surface area contributed by atoms with Gasteiger partial charge in [-0.3, -0.25) is 4.79 Å². The van der Waals surface area contributed by atoms with E-state index in [0.29, 0.717) is 16.9 Å². The Labute approximate surface area is 165 Å². The summed E-state index contributed by atoms with van der Waals surface area (Å²) >= 11 is 0. The smallest absolute Gasteiger partial charge is 0.339 e. The Morgan fingerprint density at radius 2 is 1.97 bits per heavy atom. The number of aromatic carboxylic acids is 1. The van der Waals surface area contributed by atoms with Crippen LogP contribution in [0.25, 0.3) is 5.69 Å². The Hall–Kier alpha value is -3.81. The minimum atomic E-state index is -1.19. The van der Waals surface area contributed by atoms with Gasteiger partial charge in [-0.1, -0.05) is 6.07 Å². The van der Waals surface area contributed by atoms with E-state index in [1.165, 1.54) is 43.6 Å². The number of carboxylic acids is 1. The number of aromatic hydroxyl groups is 1. The van der Waals surface area contributed by atoms with E-state index in [2.05, 4.69) is 5.32 Å². The van der Waals surface area contributed by atoms with E-state index in [9.17, 15) is 24.2 Å². The molecule has 29 heavy (non-hydrogen) atoms. The van der Waals surface area contributed by atoms with Crippen molar-refractivity contribution in [2.24, 2.45) is 0 Å². The van der Waals surface area contributed by atoms with Crippen LogP contribution < -0.4 is 10.1 Å². The fraction of sp³-hybridized carbons (Fsp3) is 0.143. The number of nitrogens with zero attached hydrogens (tertiary/aromatic N) is 1. The van der Waals surface area contributed by atoms with E-state index in [0.717, 1.165) is 0 Å². The number of methoxy groups -OCH3 is 1. The highest BCUT2D eigenvalue weighted by Gasteiger charge is 2.34. The molecule has 7 nitrogen and oxygen atoms in total. The van der Waals surface area contributed by atoms with Gasteiger partial charge in [0.25, 0.3) is 0 Å². The van der Waals surface area contributed by atoms with E-state index in [1.807, 2.05) is 0 Å². The topological polar surface area (TPSA) is 101 Å². The van der Waals surface area contributed by atoms with Gasteiger partial charge in [0.05, 0.1) is 18.5 Å². The third kappa shape index (κ3) is 3.18. The van der Waals surface area contributed by atoms with Crippen LogP contribution in [0.1, 0.15) is 34.0 Å². The fourth-order valence-electron chi connectivity index (χ4n) is 3.64. The molecule has 0 fully saturated rings. The number of ether oxygens (including phenoxy) is 1. The molecule has 1 aliphatic heterocycles. The molecular weight excluding hydrogens is 379 g/mol. The summed E-state index contributed by atoms with van der Waals surface area (Å²) in [5, 5.41) is 22.4. The number of anilines is 1. The molecule has 4 rings (SSSR count). The summed E-state index contributed by atoms with van der Waals surface area (Å²) in [4.78, 5) is 24.1. The van der Waals surface area contributed by atoms with Crippen LogP contribution >= 0.6 is 0 Å². The lowest BCUT2D eigenvalue weighted by atomic mass is 9.88. The Bertz CT molecular complexity index is 1120. The highest BCUT2D eigenvalue weighted by Crippen LogP contribution is 2.43. The lowest BCUT2D eigenvalue weighted by Crippen LogP contribution is -2.25. The normalized spacial score (nSPS) is 15.5. The lowest BCUT2D eigenvalue weighted by Gasteiger charge is -2.26. The van der Waals surface area contributed by atoms with Gasteiger partial charge in [-0.05, 0) is 42.0 Å². The molecule has 1 unspecified atom stereocenters. The van der Waals surface area contributed by atoms with Crippen molar-refractivity contribution in [2.75, 3.05) is 12.4 Å². The molecule has 148 valence electrons. The lowest BCUT2D eigenvalue weighted by molar-refractivity contribution is -0.116. The molecule has 1 aromatic heterocycles. The zero-order chi connectivity index (χ0) is 20.7. The van der Waals surface area contributed by atoms with Crippen molar-refractivity contribution in [3.8, 4) is 17.2 Å². The molecule has 2 heterocycles. The van der Waals surface area contributed by atoms with Crippen molar-refractivity contribution in [3.63, 3.8) is 0 Å². The molecular formula is C21H17FN2O5. The summed E-state index contributed by atoms with van der Waals surface area (Å²) in [5.74, 6) is -2.27. The second kappa shape index (κ2) is 6.97. The fourth-order valence-corrected chi connectivity index (χ4v) is 3.64. The largest absolute Gasteiger partial charge is 0.504 e. The first-order valence-corrected chi connectivity index (χ1v) is 8.80. The molecule has 1 aliphatic rings. The molecule has 2 aromatic carbocycles. The maximum atomic E-state index is 13.4. The van der Waals surface area contributed by atoms with Crippen LogP contribution in [0.5, 0.6) is 11.5 Å². The number of nitrogens with one attached hydrogen (secondary N) is 1. The third-order valence-corrected chi connectivity index (χ3v) is 4.97. The second-order valence-electron chi connectivity index (χ2n) is 6.69. The minimum absolute atomic E-state index is 0.0586. The van der Waals surface area contributed by atoms with Crippen LogP contribution in [-0.2, 0) is 4.79 Å². The number of fused-ring (bicyclic) bond motifs is 1. The minimum Gasteiger partial charge on any atom is -0.504 e. The van der Waals surface area contributed by atoms with Crippen molar-refractivity contribution < 1.29 is 28.9 Å². The van der Waals surface area contributed by atoms with Crippen LogP contribution in [0.2, 0.25) is 0 Å². The average molecular weight is 396 g/mol. The summed E-state index contributed by atoms with van der Waals surface area (Å²) in [6.07, 6.45) is 1.46. The summed E-state index contributed by atoms with van der Waals surface area (Å²) in [7, 11) is 1.43. The molecule has 0 saturated heterocycles. The van der Waals surface area contributed by atoms with Crippen LogP contribution in [0.3, 0.4) is 0 Å². The molecule has 0 saturated carbocycles. The van der Waals surface area contributed by atoms with Gasteiger partial charge in [0.1, 0.15) is 11.4 Å². The first-order chi connectivity index (χ1) is 13.9. The zero-order valence-electron chi connectivity index (χ0n) is 15.3. The molecule has 8 heteroatoms. The van der Waals surface area contributed by atoms with Gasteiger partial charge in [0, 0.05) is 24.2 Å². The standard InChI is InChI=1S/C21H17FN2O5/c1-29-17-7-2-11(8-16(17)25)14-9-18(26)23-19-15(21(27)28)10-24(20(14)19)13-5-3-12(22)4-6-13/h2-8,10,14,25H,9H2,1H3,(H,23,26)(H,27,28). The quantitative estimate of drug-likeness (QED) is 0.627. The zero-order valence-corrected chi connectivity index (χ0v) is 15.3. The highest BCUT2D eigenvalue weighted by molar-refractivity contribution is 6.04. The van der Waals surface area contributed by atoms with Crippen molar-refractivity contribution in [1.82, 2.24) is 4.57 Å². The molecule has 1 amide bonds. The number of rotatable bonds is 4. The summed E-state index contributed by atoms with van der Waals surface area (Å²) in [6, 6.07) is 10.4. The van der Waals surface area contributed by atoms with Crippen LogP contribution in [0, 0.1) is 5.82 Å². The Morgan fingerprint density at radius 3 is 2.59 bits per heavy atom. The monoisotopic (exact) mass is 396 g/mol. The number of carbonyl (C=O) groups is 2. The predicted molar refractivity (Wildman–Crippen MR) is 102 cm³/mol. The third-order valence-electron chi connectivity index (χ3n) is 4.97. The number of phenols is 1. The van der Waals surface area contributed by atoms with Gasteiger partial charge < -0.3 is 24.8 Å². The Kier molecular flexibility index (Phi) is 4.46. The number of aromatic nitrogens is 1. The van der Waals surface area contributed by atoms with Crippen molar-refractivity contribution in [2.45, 2.75) is 12.3 Å². The molecule has 0 aliphatic carbocycles. The second-order valence-corrected chi connectivity index (χ2v) is 6.69. The molecule has 0 spiro atoms. The summed E-state index contributed by atoms with van der Waals surface area (Å²) < 4.78 is 20.1. The first-order valence-electron chi connectivity index (χ1n) is 8.80. The SMILES string of the molecule is COc1ccc(C2CC(=O)Nc3c(C(=O)O)cn(-c4ccc(F)cc4)c32)cc1O. The van der Waals surface area contributed by atoms with Gasteiger partial charge in [-0.2, -0.15) is 0 Å². The number of benzene rings is 2. The molecule has 0 radical (unpaired) electrons. The van der Waals surface area contributed by atoms with Gasteiger partial charge >= 0.3 is 5.97 Å². The van der Waals surface area contributed by atoms with E-state index in [4.69, 9.17) is 4.74 Å². The van der Waals surface area contributed by atoms with Crippen molar-refractivity contribution >= 4 is 17.6 Å². The number of carboxylic acid groups (broad SMARTS) is 1. The number of amides is 1. The molecule has 1 atom stereocenters. The van der Waals surface area contributed by atoms with Gasteiger partial charge in [0.2, 0.25) is 5.91 Å². The first kappa shape index (κ1) is 18.5. The van der Waals surface area contributed by atoms with Crippen LogP contribution in [0.15, 0.2) is 48.7 Å². The van der Waals surface area contributed by atoms with Crippen LogP contribution in [0.4, 0.5) is 10.1 Å². The van der Waals surface area contributed by atoms with Crippen molar-refractivity contribution in [3.05, 3.63) is 71.3 Å².